The van der Waals surface area contributed by atoms with Crippen LogP contribution in [0.1, 0.15) is 0 Å². The lowest BCUT2D eigenvalue weighted by Crippen LogP contribution is -1.81. The standard InChI is InChI=1S/C14H9ClN2O2/c15-11-5-1-3-9(7-11)13-16-14(19-17-13)10-4-2-6-12(18)8-10/h1-8,18H. The third-order valence-electron chi connectivity index (χ3n) is 2.60. The Morgan fingerprint density at radius 3 is 2.58 bits per heavy atom. The molecule has 2 aromatic carbocycles. The van der Waals surface area contributed by atoms with Crippen LogP contribution in [0.2, 0.25) is 5.02 Å². The molecule has 5 heteroatoms. The van der Waals surface area contributed by atoms with Crippen LogP contribution < -0.4 is 0 Å². The third kappa shape index (κ3) is 2.44. The largest absolute Gasteiger partial charge is 0.508 e. The second-order valence-corrected chi connectivity index (χ2v) is 4.42. The lowest BCUT2D eigenvalue weighted by atomic mass is 10.2. The molecule has 94 valence electrons. The van der Waals surface area contributed by atoms with Gasteiger partial charge in [0.1, 0.15) is 5.75 Å². The van der Waals surface area contributed by atoms with Crippen molar-refractivity contribution in [3.05, 3.63) is 53.6 Å². The van der Waals surface area contributed by atoms with Crippen LogP contribution in [-0.4, -0.2) is 15.2 Å². The molecule has 1 aromatic heterocycles. The first-order chi connectivity index (χ1) is 9.22. The van der Waals surface area contributed by atoms with Crippen molar-refractivity contribution in [3.63, 3.8) is 0 Å². The van der Waals surface area contributed by atoms with Crippen molar-refractivity contribution in [3.8, 4) is 28.6 Å². The number of halogens is 1. The van der Waals surface area contributed by atoms with Crippen LogP contribution in [0.3, 0.4) is 0 Å². The van der Waals surface area contributed by atoms with Crippen LogP contribution in [0.25, 0.3) is 22.8 Å². The molecule has 0 atom stereocenters. The summed E-state index contributed by atoms with van der Waals surface area (Å²) in [4.78, 5) is 4.29. The highest BCUT2D eigenvalue weighted by molar-refractivity contribution is 6.30. The summed E-state index contributed by atoms with van der Waals surface area (Å²) >= 11 is 5.92. The first kappa shape index (κ1) is 11.7. The number of benzene rings is 2. The molecule has 0 radical (unpaired) electrons. The lowest BCUT2D eigenvalue weighted by Gasteiger charge is -1.95. The van der Waals surface area contributed by atoms with Gasteiger partial charge in [0.05, 0.1) is 0 Å². The zero-order valence-electron chi connectivity index (χ0n) is 9.75. The molecule has 0 saturated heterocycles. The Kier molecular flexibility index (Phi) is 2.93. The van der Waals surface area contributed by atoms with Crippen molar-refractivity contribution in [1.82, 2.24) is 10.1 Å². The molecule has 4 nitrogen and oxygen atoms in total. The van der Waals surface area contributed by atoms with Crippen LogP contribution in [0.15, 0.2) is 53.1 Å². The van der Waals surface area contributed by atoms with Gasteiger partial charge in [0.2, 0.25) is 5.82 Å². The van der Waals surface area contributed by atoms with Crippen LogP contribution in [0, 0.1) is 0 Å². The van der Waals surface area contributed by atoms with E-state index in [4.69, 9.17) is 16.1 Å². The Morgan fingerprint density at radius 2 is 1.79 bits per heavy atom. The van der Waals surface area contributed by atoms with Gasteiger partial charge >= 0.3 is 0 Å². The van der Waals surface area contributed by atoms with E-state index < -0.39 is 0 Å². The molecule has 0 saturated carbocycles. The van der Waals surface area contributed by atoms with Crippen LogP contribution in [0.4, 0.5) is 0 Å². The number of phenolic OH excluding ortho intramolecular Hbond substituents is 1. The summed E-state index contributed by atoms with van der Waals surface area (Å²) in [7, 11) is 0. The molecule has 1 heterocycles. The Bertz CT molecular complexity index is 665. The fraction of sp³-hybridized carbons (Fsp3) is 0. The highest BCUT2D eigenvalue weighted by Crippen LogP contribution is 2.25. The maximum absolute atomic E-state index is 9.43. The van der Waals surface area contributed by atoms with E-state index in [-0.39, 0.29) is 5.75 Å². The van der Waals surface area contributed by atoms with E-state index in [2.05, 4.69) is 10.1 Å². The monoisotopic (exact) mass is 272 g/mol. The van der Waals surface area contributed by atoms with Gasteiger partial charge in [-0.1, -0.05) is 35.0 Å². The van der Waals surface area contributed by atoms with Gasteiger partial charge in [-0.2, -0.15) is 4.98 Å². The molecule has 0 amide bonds. The van der Waals surface area contributed by atoms with Gasteiger partial charge in [-0.3, -0.25) is 0 Å². The van der Waals surface area contributed by atoms with Gasteiger partial charge in [0.15, 0.2) is 0 Å². The fourth-order valence-corrected chi connectivity index (χ4v) is 1.91. The second-order valence-electron chi connectivity index (χ2n) is 3.98. The average Bonchev–Trinajstić information content (AvgIpc) is 2.88. The number of nitrogens with zero attached hydrogens (tertiary/aromatic N) is 2. The van der Waals surface area contributed by atoms with Gasteiger partial charge < -0.3 is 9.63 Å². The van der Waals surface area contributed by atoms with Crippen LogP contribution in [0.5, 0.6) is 5.75 Å². The quantitative estimate of drug-likeness (QED) is 0.771. The molecule has 3 rings (SSSR count). The smallest absolute Gasteiger partial charge is 0.258 e. The number of hydrogen-bond donors (Lipinski definition) is 1. The van der Waals surface area contributed by atoms with E-state index in [1.807, 2.05) is 12.1 Å². The average molecular weight is 273 g/mol. The minimum atomic E-state index is 0.153. The number of aromatic hydroxyl groups is 1. The Morgan fingerprint density at radius 1 is 1.00 bits per heavy atom. The van der Waals surface area contributed by atoms with Gasteiger partial charge in [-0.25, -0.2) is 0 Å². The van der Waals surface area contributed by atoms with Gasteiger partial charge in [-0.05, 0) is 30.3 Å². The molecule has 0 aliphatic heterocycles. The number of phenols is 1. The first-order valence-electron chi connectivity index (χ1n) is 5.61. The molecule has 0 aliphatic carbocycles. The molecule has 0 aliphatic rings. The third-order valence-corrected chi connectivity index (χ3v) is 2.84. The maximum Gasteiger partial charge on any atom is 0.258 e. The van der Waals surface area contributed by atoms with E-state index in [0.29, 0.717) is 22.3 Å². The molecular weight excluding hydrogens is 264 g/mol. The molecule has 1 N–H and O–H groups in total. The van der Waals surface area contributed by atoms with E-state index in [0.717, 1.165) is 5.56 Å². The summed E-state index contributed by atoms with van der Waals surface area (Å²) in [6.45, 7) is 0. The predicted molar refractivity (Wildman–Crippen MR) is 71.8 cm³/mol. The summed E-state index contributed by atoms with van der Waals surface area (Å²) in [6.07, 6.45) is 0. The zero-order valence-corrected chi connectivity index (χ0v) is 10.5. The molecule has 0 unspecified atom stereocenters. The van der Waals surface area contributed by atoms with Crippen molar-refractivity contribution in [2.75, 3.05) is 0 Å². The second kappa shape index (κ2) is 4.74. The van der Waals surface area contributed by atoms with Crippen LogP contribution >= 0.6 is 11.6 Å². The summed E-state index contributed by atoms with van der Waals surface area (Å²) in [5.74, 6) is 0.965. The van der Waals surface area contributed by atoms with E-state index in [9.17, 15) is 5.11 Å². The molecule has 0 bridgehead atoms. The first-order valence-corrected chi connectivity index (χ1v) is 5.99. The van der Waals surface area contributed by atoms with Crippen molar-refractivity contribution in [2.45, 2.75) is 0 Å². The zero-order chi connectivity index (χ0) is 13.2. The summed E-state index contributed by atoms with van der Waals surface area (Å²) in [6, 6.07) is 13.9. The van der Waals surface area contributed by atoms with Gasteiger partial charge in [0.25, 0.3) is 5.89 Å². The van der Waals surface area contributed by atoms with Crippen molar-refractivity contribution < 1.29 is 9.63 Å². The molecular formula is C14H9ClN2O2. The fourth-order valence-electron chi connectivity index (χ4n) is 1.72. The van der Waals surface area contributed by atoms with Crippen molar-refractivity contribution in [1.29, 1.82) is 0 Å². The SMILES string of the molecule is Oc1cccc(-c2nc(-c3cccc(Cl)c3)no2)c1. The normalized spacial score (nSPS) is 10.6. The van der Waals surface area contributed by atoms with Crippen LogP contribution in [-0.2, 0) is 0 Å². The van der Waals surface area contributed by atoms with E-state index in [1.165, 1.54) is 0 Å². The van der Waals surface area contributed by atoms with E-state index >= 15 is 0 Å². The minimum Gasteiger partial charge on any atom is -0.508 e. The van der Waals surface area contributed by atoms with Crippen molar-refractivity contribution in [2.24, 2.45) is 0 Å². The maximum atomic E-state index is 9.43. The van der Waals surface area contributed by atoms with E-state index in [1.54, 1.807) is 36.4 Å². The van der Waals surface area contributed by atoms with Crippen molar-refractivity contribution >= 4 is 11.6 Å². The van der Waals surface area contributed by atoms with Gasteiger partial charge in [-0.15, -0.1) is 0 Å². The number of rotatable bonds is 2. The molecule has 0 fully saturated rings. The highest BCUT2D eigenvalue weighted by Gasteiger charge is 2.11. The van der Waals surface area contributed by atoms with Gasteiger partial charge in [0, 0.05) is 16.1 Å². The minimum absolute atomic E-state index is 0.153. The Balaban J connectivity index is 2.00. The summed E-state index contributed by atoms with van der Waals surface area (Å²) < 4.78 is 5.18. The number of hydrogen-bond acceptors (Lipinski definition) is 4. The highest BCUT2D eigenvalue weighted by atomic mass is 35.5. The molecule has 19 heavy (non-hydrogen) atoms. The predicted octanol–water partition coefficient (Wildman–Crippen LogP) is 3.76. The Labute approximate surface area is 114 Å². The lowest BCUT2D eigenvalue weighted by molar-refractivity contribution is 0.431. The Hall–Kier alpha value is -2.33. The topological polar surface area (TPSA) is 59.2 Å². The summed E-state index contributed by atoms with van der Waals surface area (Å²) in [5.41, 5.74) is 1.45. The molecule has 0 spiro atoms. The number of aromatic nitrogens is 2. The molecule has 3 aromatic rings. The summed E-state index contributed by atoms with van der Waals surface area (Å²) in [5, 5.41) is 13.9.